The highest BCUT2D eigenvalue weighted by molar-refractivity contribution is 9.10. The van der Waals surface area contributed by atoms with Gasteiger partial charge in [0.25, 0.3) is 0 Å². The van der Waals surface area contributed by atoms with Gasteiger partial charge in [-0.25, -0.2) is 13.8 Å². The Kier molecular flexibility index (Phi) is 3.54. The molecule has 1 aromatic heterocycles. The van der Waals surface area contributed by atoms with Crippen LogP contribution in [0.15, 0.2) is 22.9 Å². The van der Waals surface area contributed by atoms with E-state index in [-0.39, 0.29) is 5.56 Å². The lowest BCUT2D eigenvalue weighted by Crippen LogP contribution is -2.06. The summed E-state index contributed by atoms with van der Waals surface area (Å²) >= 11 is 3.20. The molecule has 6 heteroatoms. The van der Waals surface area contributed by atoms with Crippen LogP contribution < -0.4 is 5.32 Å². The van der Waals surface area contributed by atoms with Gasteiger partial charge in [0.15, 0.2) is 4.73 Å². The molecule has 2 N–H and O–H groups in total. The van der Waals surface area contributed by atoms with Gasteiger partial charge in [0.1, 0.15) is 11.6 Å². The van der Waals surface area contributed by atoms with Gasteiger partial charge in [-0.15, -0.1) is 0 Å². The van der Waals surface area contributed by atoms with Crippen molar-refractivity contribution in [2.45, 2.75) is 6.54 Å². The van der Waals surface area contributed by atoms with Crippen molar-refractivity contribution in [2.24, 2.45) is 0 Å². The molecule has 3 nitrogen and oxygen atoms in total. The number of aromatic nitrogens is 2. The molecule has 2 aromatic rings. The second-order valence-corrected chi connectivity index (χ2v) is 4.26. The predicted octanol–water partition coefficient (Wildman–Crippen LogP) is 2.84. The van der Waals surface area contributed by atoms with Gasteiger partial charge in [-0.2, -0.15) is 0 Å². The predicted molar refractivity (Wildman–Crippen MR) is 64.4 cm³/mol. The summed E-state index contributed by atoms with van der Waals surface area (Å²) in [4.78, 5) is 7.12. The Labute approximate surface area is 105 Å². The summed E-state index contributed by atoms with van der Waals surface area (Å²) in [5.74, 6) is -1.22. The van der Waals surface area contributed by atoms with E-state index in [0.29, 0.717) is 17.0 Å². The van der Waals surface area contributed by atoms with E-state index in [1.54, 1.807) is 7.05 Å². The molecular formula is C11H10BrF2N3. The molecule has 1 heterocycles. The number of halogens is 3. The molecular weight excluding hydrogens is 292 g/mol. The van der Waals surface area contributed by atoms with E-state index in [2.05, 4.69) is 31.2 Å². The normalized spacial score (nSPS) is 10.8. The minimum atomic E-state index is -0.624. The van der Waals surface area contributed by atoms with Crippen LogP contribution >= 0.6 is 15.9 Å². The van der Waals surface area contributed by atoms with Crippen LogP contribution in [0.2, 0.25) is 0 Å². The maximum absolute atomic E-state index is 13.6. The summed E-state index contributed by atoms with van der Waals surface area (Å²) < 4.78 is 27.0. The number of rotatable bonds is 3. The van der Waals surface area contributed by atoms with Gasteiger partial charge in [-0.1, -0.05) is 0 Å². The molecule has 0 unspecified atom stereocenters. The zero-order valence-corrected chi connectivity index (χ0v) is 10.6. The zero-order valence-electron chi connectivity index (χ0n) is 9.02. The van der Waals surface area contributed by atoms with E-state index < -0.39 is 11.6 Å². The van der Waals surface area contributed by atoms with Crippen molar-refractivity contribution in [1.82, 2.24) is 15.3 Å². The first-order chi connectivity index (χ1) is 8.11. The highest BCUT2D eigenvalue weighted by Gasteiger charge is 2.14. The first kappa shape index (κ1) is 12.2. The standard InChI is InChI=1S/C11H10BrF2N3/c1-15-5-9-10(17-11(12)16-9)7-3-2-6(13)4-8(7)14/h2-4,15H,5H2,1H3,(H,16,17). The fourth-order valence-corrected chi connectivity index (χ4v) is 2.00. The fraction of sp³-hybridized carbons (Fsp3) is 0.182. The minimum absolute atomic E-state index is 0.276. The second kappa shape index (κ2) is 4.93. The number of aromatic amines is 1. The van der Waals surface area contributed by atoms with Crippen LogP contribution in [0, 0.1) is 11.6 Å². The lowest BCUT2D eigenvalue weighted by molar-refractivity contribution is 0.585. The van der Waals surface area contributed by atoms with Crippen LogP contribution in [0.4, 0.5) is 8.78 Å². The van der Waals surface area contributed by atoms with E-state index in [1.807, 2.05) is 0 Å². The lowest BCUT2D eigenvalue weighted by atomic mass is 10.1. The number of hydrogen-bond acceptors (Lipinski definition) is 2. The molecule has 0 aliphatic rings. The number of benzene rings is 1. The summed E-state index contributed by atoms with van der Waals surface area (Å²) in [7, 11) is 1.78. The third kappa shape index (κ3) is 2.53. The number of nitrogens with zero attached hydrogens (tertiary/aromatic N) is 1. The van der Waals surface area contributed by atoms with E-state index in [9.17, 15) is 8.78 Å². The van der Waals surface area contributed by atoms with Crippen LogP contribution in [0.25, 0.3) is 11.3 Å². The van der Waals surface area contributed by atoms with Crippen LogP contribution in [0.1, 0.15) is 5.69 Å². The molecule has 0 radical (unpaired) electrons. The summed E-state index contributed by atoms with van der Waals surface area (Å²) in [6.07, 6.45) is 0. The summed E-state index contributed by atoms with van der Waals surface area (Å²) in [6, 6.07) is 3.44. The van der Waals surface area contributed by atoms with Crippen molar-refractivity contribution >= 4 is 15.9 Å². The van der Waals surface area contributed by atoms with Crippen LogP contribution in [-0.2, 0) is 6.54 Å². The fourth-order valence-electron chi connectivity index (χ4n) is 1.59. The molecule has 90 valence electrons. The average molecular weight is 302 g/mol. The highest BCUT2D eigenvalue weighted by Crippen LogP contribution is 2.26. The summed E-state index contributed by atoms with van der Waals surface area (Å²) in [5.41, 5.74) is 1.49. The Morgan fingerprint density at radius 1 is 1.41 bits per heavy atom. The van der Waals surface area contributed by atoms with E-state index >= 15 is 0 Å². The molecule has 0 amide bonds. The number of nitrogens with one attached hydrogen (secondary N) is 2. The molecule has 0 spiro atoms. The number of hydrogen-bond donors (Lipinski definition) is 2. The number of H-pyrrole nitrogens is 1. The largest absolute Gasteiger partial charge is 0.335 e. The maximum atomic E-state index is 13.6. The van der Waals surface area contributed by atoms with Gasteiger partial charge >= 0.3 is 0 Å². The van der Waals surface area contributed by atoms with Crippen molar-refractivity contribution in [2.75, 3.05) is 7.05 Å². The van der Waals surface area contributed by atoms with Crippen molar-refractivity contribution < 1.29 is 8.78 Å². The summed E-state index contributed by atoms with van der Waals surface area (Å²) in [6.45, 7) is 0.519. The lowest BCUT2D eigenvalue weighted by Gasteiger charge is -2.03. The SMILES string of the molecule is CNCc1[nH]c(Br)nc1-c1ccc(F)cc1F. The van der Waals surface area contributed by atoms with Crippen molar-refractivity contribution in [3.05, 3.63) is 40.3 Å². The Bertz CT molecular complexity index is 540. The van der Waals surface area contributed by atoms with Crippen molar-refractivity contribution in [3.8, 4) is 11.3 Å². The average Bonchev–Trinajstić information content (AvgIpc) is 2.60. The van der Waals surface area contributed by atoms with Crippen LogP contribution in [0.5, 0.6) is 0 Å². The summed E-state index contributed by atoms with van der Waals surface area (Å²) in [5, 5.41) is 2.95. The van der Waals surface area contributed by atoms with E-state index in [0.717, 1.165) is 11.8 Å². The second-order valence-electron chi connectivity index (χ2n) is 3.51. The smallest absolute Gasteiger partial charge is 0.175 e. The van der Waals surface area contributed by atoms with Gasteiger partial charge in [0, 0.05) is 18.2 Å². The van der Waals surface area contributed by atoms with Crippen LogP contribution in [-0.4, -0.2) is 17.0 Å². The zero-order chi connectivity index (χ0) is 12.4. The van der Waals surface area contributed by atoms with Gasteiger partial charge in [0.2, 0.25) is 0 Å². The molecule has 17 heavy (non-hydrogen) atoms. The Balaban J connectivity index is 2.51. The van der Waals surface area contributed by atoms with Gasteiger partial charge in [0.05, 0.1) is 11.4 Å². The Morgan fingerprint density at radius 2 is 2.18 bits per heavy atom. The molecule has 0 saturated heterocycles. The first-order valence-corrected chi connectivity index (χ1v) is 5.75. The van der Waals surface area contributed by atoms with Gasteiger partial charge in [-0.05, 0) is 35.1 Å². The molecule has 1 aromatic carbocycles. The third-order valence-electron chi connectivity index (χ3n) is 2.29. The third-order valence-corrected chi connectivity index (χ3v) is 2.67. The van der Waals surface area contributed by atoms with Crippen LogP contribution in [0.3, 0.4) is 0 Å². The maximum Gasteiger partial charge on any atom is 0.175 e. The highest BCUT2D eigenvalue weighted by atomic mass is 79.9. The minimum Gasteiger partial charge on any atom is -0.335 e. The van der Waals surface area contributed by atoms with Crippen molar-refractivity contribution in [3.63, 3.8) is 0 Å². The Hall–Kier alpha value is -1.27. The van der Waals surface area contributed by atoms with E-state index in [1.165, 1.54) is 12.1 Å². The molecule has 0 fully saturated rings. The monoisotopic (exact) mass is 301 g/mol. The topological polar surface area (TPSA) is 40.7 Å². The molecule has 0 aliphatic carbocycles. The quantitative estimate of drug-likeness (QED) is 0.915. The molecule has 0 atom stereocenters. The van der Waals surface area contributed by atoms with Gasteiger partial charge in [-0.3, -0.25) is 0 Å². The molecule has 0 aliphatic heterocycles. The number of imidazole rings is 1. The first-order valence-electron chi connectivity index (χ1n) is 4.96. The van der Waals surface area contributed by atoms with Gasteiger partial charge < -0.3 is 10.3 Å². The van der Waals surface area contributed by atoms with E-state index in [4.69, 9.17) is 0 Å². The molecule has 0 bridgehead atoms. The Morgan fingerprint density at radius 3 is 2.82 bits per heavy atom. The molecule has 2 rings (SSSR count). The molecule has 0 saturated carbocycles. The van der Waals surface area contributed by atoms with Crippen molar-refractivity contribution in [1.29, 1.82) is 0 Å².